The lowest BCUT2D eigenvalue weighted by Gasteiger charge is -2.09. The molecule has 0 bridgehead atoms. The third-order valence-electron chi connectivity index (χ3n) is 4.13. The van der Waals surface area contributed by atoms with Gasteiger partial charge in [-0.2, -0.15) is 0 Å². The zero-order chi connectivity index (χ0) is 17.4. The average molecular weight is 388 g/mol. The Labute approximate surface area is 149 Å². The first-order valence-electron chi connectivity index (χ1n) is 7.71. The highest BCUT2D eigenvalue weighted by atomic mass is 79.9. The number of amides is 3. The molecule has 3 rings (SSSR count). The van der Waals surface area contributed by atoms with Crippen LogP contribution in [0.4, 0.5) is 4.79 Å². The smallest absolute Gasteiger partial charge is 0.318 e. The molecule has 2 aromatic rings. The molecule has 1 aromatic carbocycles. The lowest BCUT2D eigenvalue weighted by Crippen LogP contribution is -2.30. The summed E-state index contributed by atoms with van der Waals surface area (Å²) in [5.41, 5.74) is 4.36. The van der Waals surface area contributed by atoms with Crippen molar-refractivity contribution in [1.82, 2.24) is 14.8 Å². The second kappa shape index (κ2) is 6.28. The van der Waals surface area contributed by atoms with Crippen LogP contribution in [0.3, 0.4) is 0 Å². The van der Waals surface area contributed by atoms with Crippen LogP contribution < -0.4 is 5.32 Å². The predicted molar refractivity (Wildman–Crippen MR) is 96.8 cm³/mol. The first kappa shape index (κ1) is 16.5. The van der Waals surface area contributed by atoms with E-state index in [-0.39, 0.29) is 11.9 Å². The average Bonchev–Trinajstić information content (AvgIpc) is 2.97. The second-order valence-corrected chi connectivity index (χ2v) is 6.59. The summed E-state index contributed by atoms with van der Waals surface area (Å²) in [6, 6.07) is 9.69. The van der Waals surface area contributed by atoms with Crippen LogP contribution in [-0.4, -0.2) is 28.0 Å². The van der Waals surface area contributed by atoms with Gasteiger partial charge in [-0.25, -0.2) is 4.79 Å². The van der Waals surface area contributed by atoms with E-state index in [9.17, 15) is 9.59 Å². The summed E-state index contributed by atoms with van der Waals surface area (Å²) in [6.45, 7) is 6.16. The fraction of sp³-hybridized carbons (Fsp3) is 0.222. The molecule has 1 aliphatic heterocycles. The number of aryl methyl sites for hydroxylation is 1. The summed E-state index contributed by atoms with van der Waals surface area (Å²) in [6.07, 6.45) is 1.74. The molecule has 0 atom stereocenters. The molecule has 2 heterocycles. The maximum absolute atomic E-state index is 12.2. The lowest BCUT2D eigenvalue weighted by molar-refractivity contribution is -0.122. The summed E-state index contributed by atoms with van der Waals surface area (Å²) >= 11 is 3.44. The van der Waals surface area contributed by atoms with Crippen molar-refractivity contribution < 1.29 is 9.59 Å². The maximum Gasteiger partial charge on any atom is 0.328 e. The zero-order valence-electron chi connectivity index (χ0n) is 13.8. The number of benzene rings is 1. The number of hydrogen-bond acceptors (Lipinski definition) is 2. The Hall–Kier alpha value is -2.34. The van der Waals surface area contributed by atoms with E-state index >= 15 is 0 Å². The Kier molecular flexibility index (Phi) is 4.32. The summed E-state index contributed by atoms with van der Waals surface area (Å²) in [5, 5.41) is 2.64. The van der Waals surface area contributed by atoms with E-state index < -0.39 is 0 Å². The van der Waals surface area contributed by atoms with Crippen molar-refractivity contribution in [3.05, 3.63) is 57.5 Å². The number of hydrogen-bond donors (Lipinski definition) is 1. The van der Waals surface area contributed by atoms with Crippen LogP contribution in [0, 0.1) is 13.8 Å². The predicted octanol–water partition coefficient (Wildman–Crippen LogP) is 3.77. The quantitative estimate of drug-likeness (QED) is 0.643. The van der Waals surface area contributed by atoms with Gasteiger partial charge < -0.3 is 9.88 Å². The van der Waals surface area contributed by atoms with Crippen molar-refractivity contribution >= 4 is 33.9 Å². The summed E-state index contributed by atoms with van der Waals surface area (Å²) in [4.78, 5) is 25.2. The fourth-order valence-corrected chi connectivity index (χ4v) is 3.20. The number of carbonyl (C=O) groups excluding carboxylic acids is 2. The van der Waals surface area contributed by atoms with Crippen LogP contribution >= 0.6 is 15.9 Å². The molecule has 0 radical (unpaired) electrons. The van der Waals surface area contributed by atoms with E-state index in [1.807, 2.05) is 44.2 Å². The van der Waals surface area contributed by atoms with Crippen molar-refractivity contribution in [2.45, 2.75) is 20.8 Å². The van der Waals surface area contributed by atoms with Gasteiger partial charge in [0.15, 0.2) is 0 Å². The van der Waals surface area contributed by atoms with Gasteiger partial charge in [-0.05, 0) is 62.7 Å². The van der Waals surface area contributed by atoms with Crippen LogP contribution in [0.15, 0.2) is 40.5 Å². The Morgan fingerprint density at radius 2 is 1.83 bits per heavy atom. The van der Waals surface area contributed by atoms with Gasteiger partial charge in [-0.3, -0.25) is 9.69 Å². The Bertz CT molecular complexity index is 850. The van der Waals surface area contributed by atoms with Gasteiger partial charge >= 0.3 is 6.03 Å². The Balaban J connectivity index is 2.01. The van der Waals surface area contributed by atoms with Crippen LogP contribution in [-0.2, 0) is 4.79 Å². The minimum absolute atomic E-state index is 0.282. The molecule has 5 nitrogen and oxygen atoms in total. The molecule has 0 spiro atoms. The van der Waals surface area contributed by atoms with Gasteiger partial charge in [-0.15, -0.1) is 0 Å². The van der Waals surface area contributed by atoms with Gasteiger partial charge in [0, 0.05) is 28.1 Å². The van der Waals surface area contributed by atoms with Gasteiger partial charge in [-0.1, -0.05) is 15.9 Å². The SMILES string of the molecule is CCN1C(=O)N/C(=C/c2cc(C)n(-c3ccc(Br)cc3)c2C)C1=O. The summed E-state index contributed by atoms with van der Waals surface area (Å²) in [7, 11) is 0. The monoisotopic (exact) mass is 387 g/mol. The number of halogens is 1. The number of carbonyl (C=O) groups is 2. The van der Waals surface area contributed by atoms with Crippen molar-refractivity contribution in [1.29, 1.82) is 0 Å². The second-order valence-electron chi connectivity index (χ2n) is 5.68. The van der Waals surface area contributed by atoms with E-state index in [1.54, 1.807) is 13.0 Å². The van der Waals surface area contributed by atoms with Crippen LogP contribution in [0.5, 0.6) is 0 Å². The number of likely N-dealkylation sites (N-methyl/N-ethyl adjacent to an activating group) is 1. The highest BCUT2D eigenvalue weighted by Crippen LogP contribution is 2.24. The van der Waals surface area contributed by atoms with Gasteiger partial charge in [0.25, 0.3) is 5.91 Å². The lowest BCUT2D eigenvalue weighted by atomic mass is 10.2. The summed E-state index contributed by atoms with van der Waals surface area (Å²) < 4.78 is 3.15. The molecule has 0 aliphatic carbocycles. The van der Waals surface area contributed by atoms with Crippen LogP contribution in [0.1, 0.15) is 23.9 Å². The molecule has 124 valence electrons. The molecule has 6 heteroatoms. The fourth-order valence-electron chi connectivity index (χ4n) is 2.94. The van der Waals surface area contributed by atoms with Crippen LogP contribution in [0.2, 0.25) is 0 Å². The zero-order valence-corrected chi connectivity index (χ0v) is 15.3. The number of nitrogens with one attached hydrogen (secondary N) is 1. The van der Waals surface area contributed by atoms with Gasteiger partial charge in [0.1, 0.15) is 5.70 Å². The Morgan fingerprint density at radius 1 is 1.17 bits per heavy atom. The van der Waals surface area contributed by atoms with Crippen LogP contribution in [0.25, 0.3) is 11.8 Å². The molecule has 3 amide bonds. The molecule has 1 aliphatic rings. The third-order valence-corrected chi connectivity index (χ3v) is 4.66. The minimum Gasteiger partial charge on any atom is -0.318 e. The van der Waals surface area contributed by atoms with Gasteiger partial charge in [0.05, 0.1) is 0 Å². The first-order chi connectivity index (χ1) is 11.4. The highest BCUT2D eigenvalue weighted by Gasteiger charge is 2.32. The van der Waals surface area contributed by atoms with E-state index in [0.29, 0.717) is 12.2 Å². The van der Waals surface area contributed by atoms with Crippen molar-refractivity contribution in [2.24, 2.45) is 0 Å². The topological polar surface area (TPSA) is 54.3 Å². The number of imide groups is 1. The third kappa shape index (κ3) is 2.78. The molecule has 0 saturated carbocycles. The molecule has 24 heavy (non-hydrogen) atoms. The number of urea groups is 1. The van der Waals surface area contributed by atoms with E-state index in [2.05, 4.69) is 25.8 Å². The maximum atomic E-state index is 12.2. The van der Waals surface area contributed by atoms with Crippen molar-refractivity contribution in [2.75, 3.05) is 6.54 Å². The normalized spacial score (nSPS) is 16.2. The molecular formula is C18H18BrN3O2. The van der Waals surface area contributed by atoms with E-state index in [4.69, 9.17) is 0 Å². The molecule has 0 unspecified atom stereocenters. The molecule has 1 fully saturated rings. The van der Waals surface area contributed by atoms with Crippen molar-refractivity contribution in [3.8, 4) is 5.69 Å². The molecule has 1 saturated heterocycles. The first-order valence-corrected chi connectivity index (χ1v) is 8.51. The van der Waals surface area contributed by atoms with E-state index in [1.165, 1.54) is 4.90 Å². The van der Waals surface area contributed by atoms with E-state index in [0.717, 1.165) is 27.1 Å². The van der Waals surface area contributed by atoms with Crippen molar-refractivity contribution in [3.63, 3.8) is 0 Å². The minimum atomic E-state index is -0.365. The Morgan fingerprint density at radius 3 is 2.42 bits per heavy atom. The molecule has 1 N–H and O–H groups in total. The largest absolute Gasteiger partial charge is 0.328 e. The number of nitrogens with zero attached hydrogens (tertiary/aromatic N) is 2. The highest BCUT2D eigenvalue weighted by molar-refractivity contribution is 9.10. The summed E-state index contributed by atoms with van der Waals surface area (Å²) in [5.74, 6) is -0.282. The number of aromatic nitrogens is 1. The van der Waals surface area contributed by atoms with Gasteiger partial charge in [0.2, 0.25) is 0 Å². The molecule has 1 aromatic heterocycles. The number of rotatable bonds is 3. The molecular weight excluding hydrogens is 370 g/mol. The standard InChI is InChI=1S/C18H18BrN3O2/c1-4-21-17(23)16(20-18(21)24)10-13-9-11(2)22(12(13)3)15-7-5-14(19)6-8-15/h5-10H,4H2,1-3H3,(H,20,24)/b16-10+.